The molecule has 0 radical (unpaired) electrons. The van der Waals surface area contributed by atoms with Crippen LogP contribution in [0.5, 0.6) is 0 Å². The van der Waals surface area contributed by atoms with Gasteiger partial charge in [-0.25, -0.2) is 14.8 Å². The maximum absolute atomic E-state index is 12.4. The van der Waals surface area contributed by atoms with Crippen LogP contribution in [0.3, 0.4) is 0 Å². The van der Waals surface area contributed by atoms with Crippen molar-refractivity contribution in [1.82, 2.24) is 9.97 Å². The molecular formula is C8H5F3N2O2. The molecule has 1 N–H and O–H groups in total. The van der Waals surface area contributed by atoms with Crippen LogP contribution < -0.4 is 0 Å². The van der Waals surface area contributed by atoms with Crippen molar-refractivity contribution in [2.45, 2.75) is 6.18 Å². The van der Waals surface area contributed by atoms with Gasteiger partial charge in [-0.2, -0.15) is 13.2 Å². The van der Waals surface area contributed by atoms with E-state index in [2.05, 4.69) is 9.97 Å². The molecule has 0 aliphatic rings. The van der Waals surface area contributed by atoms with Gasteiger partial charge in [0.15, 0.2) is 0 Å². The van der Waals surface area contributed by atoms with Gasteiger partial charge in [0.05, 0.1) is 5.57 Å². The molecule has 0 spiro atoms. The molecule has 0 aliphatic heterocycles. The molecule has 0 amide bonds. The molecule has 1 heterocycles. The number of aliphatic carboxylic acids is 1. The molecule has 80 valence electrons. The molecule has 1 aromatic rings. The van der Waals surface area contributed by atoms with Gasteiger partial charge in [-0.1, -0.05) is 0 Å². The number of rotatable bonds is 2. The summed E-state index contributed by atoms with van der Waals surface area (Å²) in [5.74, 6) is -1.67. The number of allylic oxidation sites excluding steroid dienone is 1. The molecule has 0 aromatic carbocycles. The number of hydrogen-bond donors (Lipinski definition) is 1. The van der Waals surface area contributed by atoms with E-state index in [-0.39, 0.29) is 11.6 Å². The second kappa shape index (κ2) is 4.07. The van der Waals surface area contributed by atoms with Crippen LogP contribution >= 0.6 is 0 Å². The molecule has 1 rings (SSSR count). The maximum atomic E-state index is 12.4. The number of hydrogen-bond acceptors (Lipinski definition) is 3. The Morgan fingerprint density at radius 3 is 2.27 bits per heavy atom. The van der Waals surface area contributed by atoms with Crippen molar-refractivity contribution >= 4 is 11.5 Å². The normalized spacial score (nSPS) is 12.6. The van der Waals surface area contributed by atoms with Gasteiger partial charge in [0.1, 0.15) is 6.33 Å². The van der Waals surface area contributed by atoms with Crippen LogP contribution in [0, 0.1) is 0 Å². The van der Waals surface area contributed by atoms with Crippen molar-refractivity contribution in [3.05, 3.63) is 30.4 Å². The van der Waals surface area contributed by atoms with Gasteiger partial charge in [0.25, 0.3) is 0 Å². The monoisotopic (exact) mass is 218 g/mol. The summed E-state index contributed by atoms with van der Waals surface area (Å²) in [6.45, 7) is 0. The summed E-state index contributed by atoms with van der Waals surface area (Å²) in [5, 5.41) is 8.29. The Balaban J connectivity index is 3.20. The highest BCUT2D eigenvalue weighted by Gasteiger charge is 2.35. The lowest BCUT2D eigenvalue weighted by Crippen LogP contribution is -2.13. The zero-order valence-electron chi connectivity index (χ0n) is 7.19. The highest BCUT2D eigenvalue weighted by atomic mass is 19.4. The Hall–Kier alpha value is -1.92. The van der Waals surface area contributed by atoms with E-state index in [0.29, 0.717) is 0 Å². The third-order valence-corrected chi connectivity index (χ3v) is 1.44. The molecule has 15 heavy (non-hydrogen) atoms. The van der Waals surface area contributed by atoms with Gasteiger partial charge in [-0.15, -0.1) is 0 Å². The molecule has 7 heteroatoms. The summed E-state index contributed by atoms with van der Waals surface area (Å²) in [6.07, 6.45) is -1.81. The van der Waals surface area contributed by atoms with Crippen molar-refractivity contribution < 1.29 is 23.1 Å². The van der Waals surface area contributed by atoms with Crippen molar-refractivity contribution in [3.63, 3.8) is 0 Å². The zero-order valence-corrected chi connectivity index (χ0v) is 7.19. The van der Waals surface area contributed by atoms with Crippen LogP contribution in [0.2, 0.25) is 0 Å². The summed E-state index contributed by atoms with van der Waals surface area (Å²) in [5.41, 5.74) is -1.66. The number of nitrogens with zero attached hydrogens (tertiary/aromatic N) is 2. The van der Waals surface area contributed by atoms with Gasteiger partial charge >= 0.3 is 12.1 Å². The standard InChI is InChI=1S/C8H5F3N2O2/c9-8(10,11)6(1-7(14)15)5-2-12-4-13-3-5/h1-4H,(H,14,15)/b6-1+. The Labute approximate surface area is 82.1 Å². The van der Waals surface area contributed by atoms with Crippen LogP contribution in [0.15, 0.2) is 24.8 Å². The lowest BCUT2D eigenvalue weighted by atomic mass is 10.1. The lowest BCUT2D eigenvalue weighted by molar-refractivity contribution is -0.131. The second-order valence-electron chi connectivity index (χ2n) is 2.52. The third-order valence-electron chi connectivity index (χ3n) is 1.44. The molecular weight excluding hydrogens is 213 g/mol. The van der Waals surface area contributed by atoms with E-state index in [1.54, 1.807) is 0 Å². The molecule has 4 nitrogen and oxygen atoms in total. The number of aromatic nitrogens is 2. The fraction of sp³-hybridized carbons (Fsp3) is 0.125. The summed E-state index contributed by atoms with van der Waals surface area (Å²) in [4.78, 5) is 17.0. The average molecular weight is 218 g/mol. The lowest BCUT2D eigenvalue weighted by Gasteiger charge is -2.09. The quantitative estimate of drug-likeness (QED) is 0.764. The Kier molecular flexibility index (Phi) is 3.03. The number of carbonyl (C=O) groups is 1. The van der Waals surface area contributed by atoms with Gasteiger partial charge < -0.3 is 5.11 Å². The average Bonchev–Trinajstić information content (AvgIpc) is 2.14. The highest BCUT2D eigenvalue weighted by Crippen LogP contribution is 2.32. The molecule has 1 aromatic heterocycles. The number of carboxylic acids is 1. The first kappa shape index (κ1) is 11.2. The molecule has 0 atom stereocenters. The first-order valence-electron chi connectivity index (χ1n) is 3.68. The Morgan fingerprint density at radius 2 is 1.87 bits per heavy atom. The fourth-order valence-electron chi connectivity index (χ4n) is 0.890. The van der Waals surface area contributed by atoms with Crippen LogP contribution in [-0.2, 0) is 4.79 Å². The molecule has 0 aliphatic carbocycles. The van der Waals surface area contributed by atoms with Gasteiger partial charge in [-0.3, -0.25) is 0 Å². The third kappa shape index (κ3) is 3.04. The number of alkyl halides is 3. The SMILES string of the molecule is O=C(O)/C=C(\c1cncnc1)C(F)(F)F. The molecule has 0 unspecified atom stereocenters. The van der Waals surface area contributed by atoms with Crippen LogP contribution in [0.1, 0.15) is 5.56 Å². The fourth-order valence-corrected chi connectivity index (χ4v) is 0.890. The van der Waals surface area contributed by atoms with Gasteiger partial charge in [0.2, 0.25) is 0 Å². The topological polar surface area (TPSA) is 63.1 Å². The van der Waals surface area contributed by atoms with E-state index < -0.39 is 17.7 Å². The maximum Gasteiger partial charge on any atom is 0.417 e. The largest absolute Gasteiger partial charge is 0.478 e. The van der Waals surface area contributed by atoms with Gasteiger partial charge in [-0.05, 0) is 0 Å². The van der Waals surface area contributed by atoms with Gasteiger partial charge in [0, 0.05) is 24.0 Å². The van der Waals surface area contributed by atoms with E-state index >= 15 is 0 Å². The number of carboxylic acid groups (broad SMARTS) is 1. The first-order valence-corrected chi connectivity index (χ1v) is 3.68. The highest BCUT2D eigenvalue weighted by molar-refractivity contribution is 5.91. The molecule has 0 saturated carbocycles. The minimum atomic E-state index is -4.75. The number of halogens is 3. The molecule has 0 fully saturated rings. The minimum absolute atomic E-state index is 0.0820. The molecule has 0 saturated heterocycles. The van der Waals surface area contributed by atoms with E-state index in [1.807, 2.05) is 0 Å². The predicted octanol–water partition coefficient (Wildman–Crippen LogP) is 1.51. The summed E-state index contributed by atoms with van der Waals surface area (Å²) in [7, 11) is 0. The minimum Gasteiger partial charge on any atom is -0.478 e. The Morgan fingerprint density at radius 1 is 1.33 bits per heavy atom. The van der Waals surface area contributed by atoms with Crippen LogP contribution in [0.25, 0.3) is 5.57 Å². The zero-order chi connectivity index (χ0) is 11.5. The summed E-state index contributed by atoms with van der Waals surface area (Å²) >= 11 is 0. The smallest absolute Gasteiger partial charge is 0.417 e. The summed E-state index contributed by atoms with van der Waals surface area (Å²) in [6, 6.07) is 0. The second-order valence-corrected chi connectivity index (χ2v) is 2.52. The predicted molar refractivity (Wildman–Crippen MR) is 43.7 cm³/mol. The Bertz CT molecular complexity index is 387. The van der Waals surface area contributed by atoms with E-state index in [9.17, 15) is 18.0 Å². The van der Waals surface area contributed by atoms with Crippen LogP contribution in [0.4, 0.5) is 13.2 Å². The molecule has 0 bridgehead atoms. The van der Waals surface area contributed by atoms with Crippen LogP contribution in [-0.4, -0.2) is 27.2 Å². The summed E-state index contributed by atoms with van der Waals surface area (Å²) < 4.78 is 37.1. The first-order chi connectivity index (χ1) is 6.91. The van der Waals surface area contributed by atoms with Crippen molar-refractivity contribution in [1.29, 1.82) is 0 Å². The van der Waals surface area contributed by atoms with E-state index in [4.69, 9.17) is 5.11 Å². The van der Waals surface area contributed by atoms with Crippen molar-refractivity contribution in [2.24, 2.45) is 0 Å². The van der Waals surface area contributed by atoms with Crippen molar-refractivity contribution in [3.8, 4) is 0 Å². The van der Waals surface area contributed by atoms with Crippen molar-refractivity contribution in [2.75, 3.05) is 0 Å². The van der Waals surface area contributed by atoms with E-state index in [1.165, 1.54) is 0 Å². The van der Waals surface area contributed by atoms with E-state index in [0.717, 1.165) is 18.7 Å².